The van der Waals surface area contributed by atoms with Gasteiger partial charge in [0.1, 0.15) is 5.25 Å². The van der Waals surface area contributed by atoms with Crippen LogP contribution in [0.25, 0.3) is 0 Å². The van der Waals surface area contributed by atoms with Gasteiger partial charge < -0.3 is 14.9 Å². The SMILES string of the molecule is CS(=O)(=O)C1CCCC1(OCCO)C(=O)O. The highest BCUT2D eigenvalue weighted by atomic mass is 32.2. The first-order chi connectivity index (χ1) is 7.34. The number of carboxylic acids is 1. The van der Waals surface area contributed by atoms with E-state index in [9.17, 15) is 13.2 Å². The van der Waals surface area contributed by atoms with Gasteiger partial charge in [-0.3, -0.25) is 0 Å². The van der Waals surface area contributed by atoms with Crippen LogP contribution in [0.15, 0.2) is 0 Å². The van der Waals surface area contributed by atoms with Crippen molar-refractivity contribution in [1.82, 2.24) is 0 Å². The van der Waals surface area contributed by atoms with Crippen molar-refractivity contribution in [2.24, 2.45) is 0 Å². The van der Waals surface area contributed by atoms with Gasteiger partial charge in [-0.25, -0.2) is 13.2 Å². The molecule has 1 aliphatic carbocycles. The van der Waals surface area contributed by atoms with E-state index in [2.05, 4.69) is 0 Å². The van der Waals surface area contributed by atoms with E-state index in [1.165, 1.54) is 0 Å². The predicted octanol–water partition coefficient (Wildman–Crippen LogP) is -0.584. The van der Waals surface area contributed by atoms with Crippen molar-refractivity contribution in [2.75, 3.05) is 19.5 Å². The Kier molecular flexibility index (Phi) is 3.92. The average molecular weight is 252 g/mol. The number of sulfone groups is 1. The Hall–Kier alpha value is -0.660. The van der Waals surface area contributed by atoms with E-state index in [1.54, 1.807) is 0 Å². The maximum absolute atomic E-state index is 11.5. The summed E-state index contributed by atoms with van der Waals surface area (Å²) in [7, 11) is -3.47. The van der Waals surface area contributed by atoms with Crippen molar-refractivity contribution >= 4 is 15.8 Å². The summed E-state index contributed by atoms with van der Waals surface area (Å²) in [5.41, 5.74) is -1.68. The molecule has 0 aliphatic heterocycles. The molecular formula is C9H16O6S. The quantitative estimate of drug-likeness (QED) is 0.678. The van der Waals surface area contributed by atoms with Gasteiger partial charge in [0.2, 0.25) is 0 Å². The largest absolute Gasteiger partial charge is 0.479 e. The van der Waals surface area contributed by atoms with E-state index in [1.807, 2.05) is 0 Å². The minimum absolute atomic E-state index is 0.167. The fourth-order valence-corrected chi connectivity index (χ4v) is 3.78. The summed E-state index contributed by atoms with van der Waals surface area (Å²) in [5.74, 6) is -1.27. The number of hydrogen-bond donors (Lipinski definition) is 2. The van der Waals surface area contributed by atoms with Crippen LogP contribution in [0, 0.1) is 0 Å². The predicted molar refractivity (Wildman–Crippen MR) is 55.9 cm³/mol. The first kappa shape index (κ1) is 13.4. The molecule has 0 bridgehead atoms. The third kappa shape index (κ3) is 2.36. The second kappa shape index (κ2) is 4.68. The lowest BCUT2D eigenvalue weighted by Crippen LogP contribution is -2.51. The Balaban J connectivity index is 3.04. The van der Waals surface area contributed by atoms with Crippen LogP contribution < -0.4 is 0 Å². The smallest absolute Gasteiger partial charge is 0.337 e. The topological polar surface area (TPSA) is 101 Å². The van der Waals surface area contributed by atoms with Gasteiger partial charge >= 0.3 is 5.97 Å². The molecule has 0 saturated heterocycles. The third-order valence-corrected chi connectivity index (χ3v) is 4.51. The minimum atomic E-state index is -3.47. The van der Waals surface area contributed by atoms with E-state index < -0.39 is 26.7 Å². The zero-order valence-corrected chi connectivity index (χ0v) is 9.87. The monoisotopic (exact) mass is 252 g/mol. The number of carbonyl (C=O) groups is 1. The van der Waals surface area contributed by atoms with Gasteiger partial charge in [0.05, 0.1) is 13.2 Å². The van der Waals surface area contributed by atoms with Gasteiger partial charge in [0.15, 0.2) is 15.4 Å². The van der Waals surface area contributed by atoms with Crippen molar-refractivity contribution in [3.63, 3.8) is 0 Å². The van der Waals surface area contributed by atoms with Gasteiger partial charge in [-0.15, -0.1) is 0 Å². The number of aliphatic hydroxyl groups is 1. The van der Waals surface area contributed by atoms with Crippen molar-refractivity contribution in [3.05, 3.63) is 0 Å². The van der Waals surface area contributed by atoms with Gasteiger partial charge in [-0.2, -0.15) is 0 Å². The Morgan fingerprint density at radius 1 is 1.56 bits per heavy atom. The zero-order chi connectivity index (χ0) is 12.4. The number of rotatable bonds is 5. The minimum Gasteiger partial charge on any atom is -0.479 e. The second-order valence-electron chi connectivity index (χ2n) is 3.98. The molecule has 1 saturated carbocycles. The lowest BCUT2D eigenvalue weighted by Gasteiger charge is -2.29. The molecule has 94 valence electrons. The summed E-state index contributed by atoms with van der Waals surface area (Å²) in [6, 6.07) is 0. The zero-order valence-electron chi connectivity index (χ0n) is 9.05. The average Bonchev–Trinajstić information content (AvgIpc) is 2.58. The Morgan fingerprint density at radius 2 is 2.19 bits per heavy atom. The molecule has 0 heterocycles. The van der Waals surface area contributed by atoms with Crippen LogP contribution >= 0.6 is 0 Å². The highest BCUT2D eigenvalue weighted by Gasteiger charge is 2.55. The van der Waals surface area contributed by atoms with Gasteiger partial charge in [-0.05, 0) is 19.3 Å². The van der Waals surface area contributed by atoms with Gasteiger partial charge in [0, 0.05) is 6.26 Å². The van der Waals surface area contributed by atoms with Crippen molar-refractivity contribution in [1.29, 1.82) is 0 Å². The third-order valence-electron chi connectivity index (χ3n) is 2.86. The molecule has 0 aromatic carbocycles. The van der Waals surface area contributed by atoms with Crippen LogP contribution in [-0.2, 0) is 19.4 Å². The van der Waals surface area contributed by atoms with E-state index in [0.717, 1.165) is 6.26 Å². The molecular weight excluding hydrogens is 236 g/mol. The molecule has 2 unspecified atom stereocenters. The van der Waals surface area contributed by atoms with E-state index in [4.69, 9.17) is 14.9 Å². The highest BCUT2D eigenvalue weighted by Crippen LogP contribution is 2.38. The maximum Gasteiger partial charge on any atom is 0.337 e. The van der Waals surface area contributed by atoms with Crippen LogP contribution in [0.3, 0.4) is 0 Å². The van der Waals surface area contributed by atoms with Crippen LogP contribution in [0.1, 0.15) is 19.3 Å². The fraction of sp³-hybridized carbons (Fsp3) is 0.889. The van der Waals surface area contributed by atoms with E-state index in [-0.39, 0.29) is 26.1 Å². The Morgan fingerprint density at radius 3 is 2.62 bits per heavy atom. The normalized spacial score (nSPS) is 30.5. The summed E-state index contributed by atoms with van der Waals surface area (Å²) >= 11 is 0. The van der Waals surface area contributed by atoms with Crippen LogP contribution in [0.2, 0.25) is 0 Å². The standard InChI is InChI=1S/C9H16O6S/c1-16(13,14)7-3-2-4-9(7,8(11)12)15-6-5-10/h7,10H,2-6H2,1H3,(H,11,12). The van der Waals surface area contributed by atoms with Crippen molar-refractivity contribution < 1.29 is 28.2 Å². The number of hydrogen-bond acceptors (Lipinski definition) is 5. The molecule has 2 atom stereocenters. The summed E-state index contributed by atoms with van der Waals surface area (Å²) < 4.78 is 28.1. The van der Waals surface area contributed by atoms with Gasteiger partial charge in [-0.1, -0.05) is 0 Å². The number of ether oxygens (including phenoxy) is 1. The number of carboxylic acid groups (broad SMARTS) is 1. The molecule has 6 nitrogen and oxygen atoms in total. The molecule has 0 radical (unpaired) electrons. The van der Waals surface area contributed by atoms with Crippen molar-refractivity contribution in [3.8, 4) is 0 Å². The highest BCUT2D eigenvalue weighted by molar-refractivity contribution is 7.91. The maximum atomic E-state index is 11.5. The molecule has 1 aliphatic rings. The molecule has 0 amide bonds. The Bertz CT molecular complexity index is 362. The van der Waals surface area contributed by atoms with Crippen LogP contribution in [-0.4, -0.2) is 54.9 Å². The summed E-state index contributed by atoms with van der Waals surface area (Å²) in [4.78, 5) is 11.2. The fourth-order valence-electron chi connectivity index (χ4n) is 2.20. The van der Waals surface area contributed by atoms with Crippen molar-refractivity contribution in [2.45, 2.75) is 30.1 Å². The van der Waals surface area contributed by atoms with E-state index >= 15 is 0 Å². The number of aliphatic carboxylic acids is 1. The molecule has 2 N–H and O–H groups in total. The lowest BCUT2D eigenvalue weighted by atomic mass is 10.0. The summed E-state index contributed by atoms with van der Waals surface area (Å²) in [6.45, 7) is -0.496. The summed E-state index contributed by atoms with van der Waals surface area (Å²) in [6.07, 6.45) is 1.97. The summed E-state index contributed by atoms with van der Waals surface area (Å²) in [5, 5.41) is 16.8. The van der Waals surface area contributed by atoms with Crippen LogP contribution in [0.5, 0.6) is 0 Å². The molecule has 0 spiro atoms. The second-order valence-corrected chi connectivity index (χ2v) is 6.21. The van der Waals surface area contributed by atoms with Gasteiger partial charge in [0.25, 0.3) is 0 Å². The first-order valence-electron chi connectivity index (χ1n) is 5.01. The first-order valence-corrected chi connectivity index (χ1v) is 6.97. The lowest BCUT2D eigenvalue weighted by molar-refractivity contribution is -0.165. The molecule has 0 aromatic heterocycles. The Labute approximate surface area is 94.1 Å². The molecule has 0 aromatic rings. The van der Waals surface area contributed by atoms with Crippen LogP contribution in [0.4, 0.5) is 0 Å². The number of aliphatic hydroxyl groups excluding tert-OH is 1. The molecule has 16 heavy (non-hydrogen) atoms. The molecule has 1 rings (SSSR count). The molecule has 7 heteroatoms. The van der Waals surface area contributed by atoms with E-state index in [0.29, 0.717) is 6.42 Å². The molecule has 1 fully saturated rings.